The van der Waals surface area contributed by atoms with Crippen molar-refractivity contribution < 1.29 is 14.3 Å². The minimum Gasteiger partial charge on any atom is -0.497 e. The number of carbonyl (C=O) groups is 2. The van der Waals surface area contributed by atoms with Crippen molar-refractivity contribution in [3.63, 3.8) is 0 Å². The number of fused-ring (bicyclic) bond motifs is 1. The van der Waals surface area contributed by atoms with Gasteiger partial charge in [-0.3, -0.25) is 14.2 Å². The van der Waals surface area contributed by atoms with Gasteiger partial charge in [-0.2, -0.15) is 0 Å². The molecule has 4 aromatic rings. The molecule has 2 aromatic carbocycles. The van der Waals surface area contributed by atoms with Crippen LogP contribution in [0.4, 0.5) is 5.69 Å². The topological polar surface area (TPSA) is 80.6 Å². The summed E-state index contributed by atoms with van der Waals surface area (Å²) in [4.78, 5) is 38.0. The number of para-hydroxylation sites is 1. The second kappa shape index (κ2) is 8.14. The van der Waals surface area contributed by atoms with Crippen LogP contribution >= 0.6 is 0 Å². The smallest absolute Gasteiger partial charge is 0.256 e. The summed E-state index contributed by atoms with van der Waals surface area (Å²) < 4.78 is 7.12. The van der Waals surface area contributed by atoms with E-state index in [1.54, 1.807) is 35.5 Å². The Morgan fingerprint density at radius 3 is 2.56 bits per heavy atom. The van der Waals surface area contributed by atoms with Crippen LogP contribution in [0.15, 0.2) is 73.2 Å². The molecular formula is C24H21N5O3. The number of hydrogen-bond donors (Lipinski definition) is 0. The fraction of sp³-hybridized carbons (Fsp3) is 0.167. The second-order valence-corrected chi connectivity index (χ2v) is 7.49. The van der Waals surface area contributed by atoms with Crippen molar-refractivity contribution in [2.24, 2.45) is 0 Å². The zero-order valence-corrected chi connectivity index (χ0v) is 17.5. The lowest BCUT2D eigenvalue weighted by Crippen LogP contribution is -2.52. The molecule has 1 fully saturated rings. The van der Waals surface area contributed by atoms with Gasteiger partial charge in [0.2, 0.25) is 5.91 Å². The Hall–Kier alpha value is -4.20. The van der Waals surface area contributed by atoms with E-state index >= 15 is 0 Å². The summed E-state index contributed by atoms with van der Waals surface area (Å²) >= 11 is 0. The number of benzene rings is 2. The largest absolute Gasteiger partial charge is 0.497 e. The Balaban J connectivity index is 1.34. The molecule has 0 atom stereocenters. The molecule has 0 N–H and O–H groups in total. The van der Waals surface area contributed by atoms with Gasteiger partial charge in [0.25, 0.3) is 5.91 Å². The number of nitrogens with zero attached hydrogens (tertiary/aromatic N) is 5. The van der Waals surface area contributed by atoms with E-state index < -0.39 is 0 Å². The average Bonchev–Trinajstić information content (AvgIpc) is 3.27. The molecule has 0 unspecified atom stereocenters. The Morgan fingerprint density at radius 2 is 1.78 bits per heavy atom. The number of anilines is 1. The minimum atomic E-state index is -0.229. The monoisotopic (exact) mass is 427 g/mol. The van der Waals surface area contributed by atoms with Crippen molar-refractivity contribution in [3.05, 3.63) is 78.8 Å². The third-order valence-electron chi connectivity index (χ3n) is 5.54. The third kappa shape index (κ3) is 3.56. The molecule has 3 heterocycles. The number of amides is 2. The van der Waals surface area contributed by atoms with Gasteiger partial charge in [-0.1, -0.05) is 24.3 Å². The normalized spacial score (nSPS) is 14.1. The zero-order chi connectivity index (χ0) is 22.1. The first-order valence-corrected chi connectivity index (χ1v) is 10.3. The molecule has 2 amide bonds. The molecule has 1 aliphatic rings. The highest BCUT2D eigenvalue weighted by Gasteiger charge is 2.29. The van der Waals surface area contributed by atoms with E-state index in [-0.39, 0.29) is 18.4 Å². The lowest BCUT2D eigenvalue weighted by atomic mass is 10.2. The van der Waals surface area contributed by atoms with Crippen LogP contribution < -0.4 is 9.64 Å². The van der Waals surface area contributed by atoms with Crippen LogP contribution in [0.1, 0.15) is 10.4 Å². The number of hydrogen-bond acceptors (Lipinski definition) is 5. The van der Waals surface area contributed by atoms with E-state index in [1.165, 1.54) is 0 Å². The fourth-order valence-corrected chi connectivity index (χ4v) is 3.88. The molecule has 8 heteroatoms. The first-order chi connectivity index (χ1) is 15.6. The highest BCUT2D eigenvalue weighted by molar-refractivity contribution is 6.02. The molecule has 160 valence electrons. The standard InChI is InChI=1S/C24H21N5O3/c1-32-20-9-5-8-19(13-20)28-11-10-27(15-22(28)30)24(31)17-12-21-23(25-14-17)29(16-26-21)18-6-3-2-4-7-18/h2-9,12-14,16H,10-11,15H2,1H3. The predicted octanol–water partition coefficient (Wildman–Crippen LogP) is 2.92. The molecule has 1 aliphatic heterocycles. The predicted molar refractivity (Wildman–Crippen MR) is 120 cm³/mol. The second-order valence-electron chi connectivity index (χ2n) is 7.49. The maximum absolute atomic E-state index is 13.1. The summed E-state index contributed by atoms with van der Waals surface area (Å²) in [6.45, 7) is 0.848. The van der Waals surface area contributed by atoms with Gasteiger partial charge in [-0.05, 0) is 30.3 Å². The van der Waals surface area contributed by atoms with E-state index in [2.05, 4.69) is 9.97 Å². The van der Waals surface area contributed by atoms with Crippen LogP contribution in [0.3, 0.4) is 0 Å². The number of rotatable bonds is 4. The maximum atomic E-state index is 13.1. The molecule has 0 aliphatic carbocycles. The summed E-state index contributed by atoms with van der Waals surface area (Å²) in [6, 6.07) is 18.8. The molecule has 0 radical (unpaired) electrons. The van der Waals surface area contributed by atoms with Crippen molar-refractivity contribution in [2.45, 2.75) is 0 Å². The van der Waals surface area contributed by atoms with Gasteiger partial charge < -0.3 is 14.5 Å². The number of piperazine rings is 1. The minimum absolute atomic E-state index is 0.00648. The summed E-state index contributed by atoms with van der Waals surface area (Å²) in [5, 5.41) is 0. The van der Waals surface area contributed by atoms with E-state index in [0.717, 1.165) is 11.4 Å². The van der Waals surface area contributed by atoms with Gasteiger partial charge >= 0.3 is 0 Å². The van der Waals surface area contributed by atoms with E-state index in [4.69, 9.17) is 4.74 Å². The van der Waals surface area contributed by atoms with E-state index in [1.807, 2.05) is 59.2 Å². The number of carbonyl (C=O) groups excluding carboxylic acids is 2. The molecule has 2 aromatic heterocycles. The molecular weight excluding hydrogens is 406 g/mol. The lowest BCUT2D eigenvalue weighted by molar-refractivity contribution is -0.120. The number of aromatic nitrogens is 3. The quantitative estimate of drug-likeness (QED) is 0.500. The van der Waals surface area contributed by atoms with Gasteiger partial charge in [0.05, 0.1) is 12.7 Å². The van der Waals surface area contributed by atoms with Crippen molar-refractivity contribution in [2.75, 3.05) is 31.6 Å². The first-order valence-electron chi connectivity index (χ1n) is 10.3. The van der Waals surface area contributed by atoms with Gasteiger partial charge in [0.15, 0.2) is 5.65 Å². The fourth-order valence-electron chi connectivity index (χ4n) is 3.88. The van der Waals surface area contributed by atoms with Crippen LogP contribution in [0.5, 0.6) is 5.75 Å². The summed E-state index contributed by atoms with van der Waals surface area (Å²) in [6.07, 6.45) is 3.24. The SMILES string of the molecule is COc1cccc(N2CCN(C(=O)c3cnc4c(c3)ncn4-c3ccccc3)CC2=O)c1. The molecule has 0 spiro atoms. The number of methoxy groups -OCH3 is 1. The van der Waals surface area contributed by atoms with E-state index in [9.17, 15) is 9.59 Å². The third-order valence-corrected chi connectivity index (χ3v) is 5.54. The van der Waals surface area contributed by atoms with E-state index in [0.29, 0.717) is 35.6 Å². The average molecular weight is 427 g/mol. The van der Waals surface area contributed by atoms with Crippen LogP contribution in [-0.2, 0) is 4.79 Å². The number of pyridine rings is 1. The van der Waals surface area contributed by atoms with Crippen molar-refractivity contribution in [1.29, 1.82) is 0 Å². The highest BCUT2D eigenvalue weighted by atomic mass is 16.5. The summed E-state index contributed by atoms with van der Waals surface area (Å²) in [5.41, 5.74) is 3.42. The van der Waals surface area contributed by atoms with Crippen LogP contribution in [0.25, 0.3) is 16.9 Å². The Bertz CT molecular complexity index is 1300. The summed E-state index contributed by atoms with van der Waals surface area (Å²) in [5.74, 6) is 0.315. The van der Waals surface area contributed by atoms with Crippen molar-refractivity contribution >= 4 is 28.7 Å². The zero-order valence-electron chi connectivity index (χ0n) is 17.5. The highest BCUT2D eigenvalue weighted by Crippen LogP contribution is 2.24. The molecule has 32 heavy (non-hydrogen) atoms. The Morgan fingerprint density at radius 1 is 0.969 bits per heavy atom. The maximum Gasteiger partial charge on any atom is 0.256 e. The molecule has 0 saturated carbocycles. The van der Waals surface area contributed by atoms with Gasteiger partial charge in [0.1, 0.15) is 24.1 Å². The number of imidazole rings is 1. The van der Waals surface area contributed by atoms with Crippen molar-refractivity contribution in [1.82, 2.24) is 19.4 Å². The first kappa shape index (κ1) is 19.7. The summed E-state index contributed by atoms with van der Waals surface area (Å²) in [7, 11) is 1.59. The van der Waals surface area contributed by atoms with Gasteiger partial charge in [0, 0.05) is 36.7 Å². The van der Waals surface area contributed by atoms with Crippen LogP contribution in [0.2, 0.25) is 0 Å². The lowest BCUT2D eigenvalue weighted by Gasteiger charge is -2.34. The van der Waals surface area contributed by atoms with Crippen LogP contribution in [-0.4, -0.2) is 58.0 Å². The van der Waals surface area contributed by atoms with Crippen LogP contribution in [0, 0.1) is 0 Å². The van der Waals surface area contributed by atoms with Crippen molar-refractivity contribution in [3.8, 4) is 11.4 Å². The Kier molecular flexibility index (Phi) is 5.03. The molecule has 5 rings (SSSR count). The molecule has 0 bridgehead atoms. The molecule has 8 nitrogen and oxygen atoms in total. The Labute approximate surface area is 184 Å². The molecule has 1 saturated heterocycles. The number of ether oxygens (including phenoxy) is 1. The van der Waals surface area contributed by atoms with Gasteiger partial charge in [-0.15, -0.1) is 0 Å². The van der Waals surface area contributed by atoms with Gasteiger partial charge in [-0.25, -0.2) is 9.97 Å².